The average Bonchev–Trinajstić information content (AvgIpc) is 2.73. The largest absolute Gasteiger partial charge is 0.332 e. The number of fused-ring (bicyclic) bond motifs is 1. The molecule has 0 bridgehead atoms. The van der Waals surface area contributed by atoms with Crippen molar-refractivity contribution in [1.82, 2.24) is 18.7 Å². The summed E-state index contributed by atoms with van der Waals surface area (Å²) in [5.74, 6) is 5.65. The Morgan fingerprint density at radius 1 is 1.28 bits per heavy atom. The maximum Gasteiger partial charge on any atom is 0.332 e. The number of nitrogens with zero attached hydrogens (tertiary/aromatic N) is 4. The molecule has 0 atom stereocenters. The van der Waals surface area contributed by atoms with E-state index in [0.717, 1.165) is 4.57 Å². The summed E-state index contributed by atoms with van der Waals surface area (Å²) in [5, 5.41) is 0. The van der Waals surface area contributed by atoms with Gasteiger partial charge in [-0.25, -0.2) is 10.6 Å². The number of nitrogens with two attached hydrogens (primary N) is 2. The number of hydrazine groups is 1. The SMILES string of the molecule is Cn1c(=O)c2c(nc(NN)n2CCN)n(C)c1=O. The van der Waals surface area contributed by atoms with Crippen molar-refractivity contribution in [3.05, 3.63) is 20.8 Å². The Bertz CT molecular complexity index is 708. The fourth-order valence-corrected chi connectivity index (χ4v) is 1.90. The van der Waals surface area contributed by atoms with Crippen molar-refractivity contribution in [3.63, 3.8) is 0 Å². The van der Waals surface area contributed by atoms with Crippen molar-refractivity contribution in [2.45, 2.75) is 6.54 Å². The van der Waals surface area contributed by atoms with E-state index in [4.69, 9.17) is 11.6 Å². The van der Waals surface area contributed by atoms with Crippen molar-refractivity contribution in [2.24, 2.45) is 25.7 Å². The van der Waals surface area contributed by atoms with Gasteiger partial charge in [-0.05, 0) is 0 Å². The van der Waals surface area contributed by atoms with Crippen LogP contribution in [0.15, 0.2) is 9.59 Å². The number of aryl methyl sites for hydroxylation is 1. The number of aromatic nitrogens is 4. The molecule has 2 aromatic heterocycles. The van der Waals surface area contributed by atoms with Crippen LogP contribution in [-0.4, -0.2) is 25.2 Å². The third-order valence-electron chi connectivity index (χ3n) is 2.83. The van der Waals surface area contributed by atoms with Crippen LogP contribution in [0.3, 0.4) is 0 Å². The van der Waals surface area contributed by atoms with Crippen molar-refractivity contribution < 1.29 is 0 Å². The van der Waals surface area contributed by atoms with Crippen LogP contribution in [0, 0.1) is 0 Å². The van der Waals surface area contributed by atoms with Crippen LogP contribution in [-0.2, 0) is 20.6 Å². The lowest BCUT2D eigenvalue weighted by Crippen LogP contribution is -2.37. The van der Waals surface area contributed by atoms with E-state index in [2.05, 4.69) is 10.4 Å². The average molecular weight is 253 g/mol. The monoisotopic (exact) mass is 253 g/mol. The van der Waals surface area contributed by atoms with E-state index >= 15 is 0 Å². The zero-order valence-electron chi connectivity index (χ0n) is 10.2. The Kier molecular flexibility index (Phi) is 2.93. The molecule has 9 nitrogen and oxygen atoms in total. The molecule has 0 aliphatic carbocycles. The molecule has 0 unspecified atom stereocenters. The molecule has 98 valence electrons. The molecule has 5 N–H and O–H groups in total. The molecular weight excluding hydrogens is 238 g/mol. The van der Waals surface area contributed by atoms with Crippen molar-refractivity contribution in [2.75, 3.05) is 12.0 Å². The zero-order chi connectivity index (χ0) is 13.4. The summed E-state index contributed by atoms with van der Waals surface area (Å²) in [6, 6.07) is 0. The molecule has 0 radical (unpaired) electrons. The van der Waals surface area contributed by atoms with Gasteiger partial charge in [-0.1, -0.05) is 0 Å². The summed E-state index contributed by atoms with van der Waals surface area (Å²) >= 11 is 0. The first-order chi connectivity index (χ1) is 8.52. The Morgan fingerprint density at radius 2 is 1.94 bits per heavy atom. The standard InChI is InChI=1S/C9H15N7O2/c1-14-6-5(7(17)15(2)9(14)18)16(4-3-10)8(12-6)13-11/h3-4,10-11H2,1-2H3,(H,12,13). The first kappa shape index (κ1) is 12.3. The maximum atomic E-state index is 12.1. The van der Waals surface area contributed by atoms with Crippen LogP contribution < -0.4 is 28.3 Å². The second kappa shape index (κ2) is 4.27. The van der Waals surface area contributed by atoms with Crippen molar-refractivity contribution in [3.8, 4) is 0 Å². The van der Waals surface area contributed by atoms with E-state index in [-0.39, 0.29) is 5.65 Å². The van der Waals surface area contributed by atoms with Gasteiger partial charge in [0.15, 0.2) is 11.2 Å². The predicted molar refractivity (Wildman–Crippen MR) is 67.1 cm³/mol. The molecule has 0 aliphatic rings. The van der Waals surface area contributed by atoms with Gasteiger partial charge >= 0.3 is 5.69 Å². The Balaban J connectivity index is 3.00. The summed E-state index contributed by atoms with van der Waals surface area (Å²) in [5.41, 5.74) is 7.62. The highest BCUT2D eigenvalue weighted by atomic mass is 16.2. The van der Waals surface area contributed by atoms with E-state index in [1.165, 1.54) is 11.6 Å². The highest BCUT2D eigenvalue weighted by Gasteiger charge is 2.17. The van der Waals surface area contributed by atoms with Gasteiger partial charge in [-0.15, -0.1) is 0 Å². The van der Waals surface area contributed by atoms with E-state index in [1.54, 1.807) is 11.6 Å². The number of rotatable bonds is 3. The minimum Gasteiger partial charge on any atom is -0.329 e. The Labute approximate surface area is 102 Å². The molecule has 2 aromatic rings. The van der Waals surface area contributed by atoms with Crippen molar-refractivity contribution >= 4 is 17.1 Å². The summed E-state index contributed by atoms with van der Waals surface area (Å²) < 4.78 is 3.89. The highest BCUT2D eigenvalue weighted by molar-refractivity contribution is 5.74. The summed E-state index contributed by atoms with van der Waals surface area (Å²) in [7, 11) is 2.96. The summed E-state index contributed by atoms with van der Waals surface area (Å²) in [6.07, 6.45) is 0. The fraction of sp³-hybridized carbons (Fsp3) is 0.444. The second-order valence-corrected chi connectivity index (χ2v) is 3.90. The highest BCUT2D eigenvalue weighted by Crippen LogP contribution is 2.13. The number of hydrogen-bond donors (Lipinski definition) is 3. The van der Waals surface area contributed by atoms with Crippen molar-refractivity contribution in [1.29, 1.82) is 0 Å². The van der Waals surface area contributed by atoms with E-state index in [9.17, 15) is 9.59 Å². The first-order valence-corrected chi connectivity index (χ1v) is 5.35. The number of anilines is 1. The summed E-state index contributed by atoms with van der Waals surface area (Å²) in [4.78, 5) is 28.0. The number of imidazole rings is 1. The van der Waals surface area contributed by atoms with Crippen LogP contribution >= 0.6 is 0 Å². The van der Waals surface area contributed by atoms with Gasteiger partial charge in [0, 0.05) is 27.2 Å². The summed E-state index contributed by atoms with van der Waals surface area (Å²) in [6.45, 7) is 0.704. The van der Waals surface area contributed by atoms with Gasteiger partial charge in [-0.2, -0.15) is 4.98 Å². The topological polar surface area (TPSA) is 126 Å². The normalized spacial score (nSPS) is 11.1. The maximum absolute atomic E-state index is 12.1. The van der Waals surface area contributed by atoms with Crippen LogP contribution in [0.1, 0.15) is 0 Å². The molecule has 0 spiro atoms. The third kappa shape index (κ3) is 1.52. The minimum atomic E-state index is -0.437. The smallest absolute Gasteiger partial charge is 0.329 e. The lowest BCUT2D eigenvalue weighted by Gasteiger charge is -2.06. The zero-order valence-corrected chi connectivity index (χ0v) is 10.2. The Hall–Kier alpha value is -2.13. The molecule has 9 heteroatoms. The lowest BCUT2D eigenvalue weighted by atomic mass is 10.5. The molecule has 0 saturated carbocycles. The van der Waals surface area contributed by atoms with E-state index in [1.807, 2.05) is 0 Å². The predicted octanol–water partition coefficient (Wildman–Crippen LogP) is -2.32. The molecule has 0 saturated heterocycles. The number of hydrogen-bond acceptors (Lipinski definition) is 6. The molecule has 0 aliphatic heterocycles. The van der Waals surface area contributed by atoms with Crippen LogP contribution in [0.2, 0.25) is 0 Å². The van der Waals surface area contributed by atoms with Gasteiger partial charge in [0.25, 0.3) is 5.56 Å². The van der Waals surface area contributed by atoms with Gasteiger partial charge < -0.3 is 10.3 Å². The van der Waals surface area contributed by atoms with Crippen LogP contribution in [0.4, 0.5) is 5.95 Å². The Morgan fingerprint density at radius 3 is 2.50 bits per heavy atom. The first-order valence-electron chi connectivity index (χ1n) is 5.35. The lowest BCUT2D eigenvalue weighted by molar-refractivity contribution is 0.691. The molecule has 0 amide bonds. The van der Waals surface area contributed by atoms with E-state index in [0.29, 0.717) is 24.6 Å². The molecule has 2 rings (SSSR count). The molecule has 2 heterocycles. The van der Waals surface area contributed by atoms with E-state index < -0.39 is 11.2 Å². The minimum absolute atomic E-state index is 0.282. The van der Waals surface area contributed by atoms with Gasteiger partial charge in [0.05, 0.1) is 0 Å². The van der Waals surface area contributed by atoms with Crippen LogP contribution in [0.5, 0.6) is 0 Å². The number of nitrogen functional groups attached to an aromatic ring is 1. The fourth-order valence-electron chi connectivity index (χ4n) is 1.90. The molecule has 0 fully saturated rings. The van der Waals surface area contributed by atoms with Gasteiger partial charge in [0.1, 0.15) is 0 Å². The number of nitrogens with one attached hydrogen (secondary N) is 1. The van der Waals surface area contributed by atoms with Gasteiger partial charge in [-0.3, -0.25) is 19.4 Å². The molecule has 18 heavy (non-hydrogen) atoms. The molecule has 0 aromatic carbocycles. The van der Waals surface area contributed by atoms with Gasteiger partial charge in [0.2, 0.25) is 5.95 Å². The van der Waals surface area contributed by atoms with Crippen LogP contribution in [0.25, 0.3) is 11.2 Å². The molecular formula is C9H15N7O2. The quantitative estimate of drug-likeness (QED) is 0.416. The third-order valence-corrected chi connectivity index (χ3v) is 2.83. The second-order valence-electron chi connectivity index (χ2n) is 3.90.